The zero-order valence-corrected chi connectivity index (χ0v) is 13.4. The monoisotopic (exact) mass is 301 g/mol. The molecule has 0 aromatic heterocycles. The van der Waals surface area contributed by atoms with E-state index in [1.807, 2.05) is 0 Å². The highest BCUT2D eigenvalue weighted by Crippen LogP contribution is 2.34. The molecule has 0 spiro atoms. The van der Waals surface area contributed by atoms with Gasteiger partial charge in [-0.1, -0.05) is 31.5 Å². The Bertz CT molecular complexity index is 387. The first-order valence-corrected chi connectivity index (χ1v) is 7.59. The first-order valence-electron chi connectivity index (χ1n) is 7.21. The van der Waals surface area contributed by atoms with Crippen LogP contribution in [0.25, 0.3) is 0 Å². The number of hydrogen-bond acceptors (Lipinski definition) is 2. The maximum atomic E-state index is 14.0. The van der Waals surface area contributed by atoms with Gasteiger partial charge in [0.1, 0.15) is 5.82 Å². The fourth-order valence-corrected chi connectivity index (χ4v) is 2.65. The minimum Gasteiger partial charge on any atom is -0.383 e. The quantitative estimate of drug-likeness (QED) is 0.694. The van der Waals surface area contributed by atoms with Crippen LogP contribution in [0.3, 0.4) is 0 Å². The molecule has 1 N–H and O–H groups in total. The van der Waals surface area contributed by atoms with Crippen LogP contribution in [0.15, 0.2) is 18.2 Å². The molecule has 0 saturated carbocycles. The van der Waals surface area contributed by atoms with E-state index in [1.54, 1.807) is 19.2 Å². The van der Waals surface area contributed by atoms with Crippen molar-refractivity contribution in [2.24, 2.45) is 5.41 Å². The molecule has 0 aliphatic carbocycles. The van der Waals surface area contributed by atoms with Gasteiger partial charge < -0.3 is 10.1 Å². The van der Waals surface area contributed by atoms with Crippen molar-refractivity contribution in [3.8, 4) is 0 Å². The zero-order chi connectivity index (χ0) is 15.0. The van der Waals surface area contributed by atoms with E-state index in [0.29, 0.717) is 23.6 Å². The molecule has 0 bridgehead atoms. The Labute approximate surface area is 126 Å². The lowest BCUT2D eigenvalue weighted by Crippen LogP contribution is -2.37. The van der Waals surface area contributed by atoms with Gasteiger partial charge in [0, 0.05) is 30.8 Å². The number of nitrogens with one attached hydrogen (secondary N) is 1. The third-order valence-electron chi connectivity index (χ3n) is 4.10. The maximum Gasteiger partial charge on any atom is 0.127 e. The van der Waals surface area contributed by atoms with Gasteiger partial charge in [0.15, 0.2) is 0 Å². The lowest BCUT2D eigenvalue weighted by molar-refractivity contribution is 0.185. The smallest absolute Gasteiger partial charge is 0.127 e. The highest BCUT2D eigenvalue weighted by molar-refractivity contribution is 6.31. The van der Waals surface area contributed by atoms with E-state index in [4.69, 9.17) is 16.3 Å². The predicted octanol–water partition coefficient (Wildman–Crippen LogP) is 4.06. The number of hydrogen-bond donors (Lipinski definition) is 1. The van der Waals surface area contributed by atoms with E-state index in [1.165, 1.54) is 6.07 Å². The summed E-state index contributed by atoms with van der Waals surface area (Å²) < 4.78 is 19.0. The van der Waals surface area contributed by atoms with Gasteiger partial charge in [0.05, 0.1) is 6.61 Å². The summed E-state index contributed by atoms with van der Waals surface area (Å²) in [4.78, 5) is 0. The fraction of sp³-hybridized carbons (Fsp3) is 0.625. The molecule has 0 aliphatic heterocycles. The largest absolute Gasteiger partial charge is 0.383 e. The Morgan fingerprint density at radius 1 is 1.30 bits per heavy atom. The molecule has 20 heavy (non-hydrogen) atoms. The van der Waals surface area contributed by atoms with Crippen LogP contribution in [0.1, 0.15) is 32.3 Å². The van der Waals surface area contributed by atoms with Crippen LogP contribution in [0, 0.1) is 11.2 Å². The lowest BCUT2D eigenvalue weighted by Gasteiger charge is -2.33. The summed E-state index contributed by atoms with van der Waals surface area (Å²) in [6.07, 6.45) is 2.62. The Morgan fingerprint density at radius 3 is 2.55 bits per heavy atom. The van der Waals surface area contributed by atoms with Crippen molar-refractivity contribution in [2.75, 3.05) is 26.8 Å². The van der Waals surface area contributed by atoms with Crippen molar-refractivity contribution in [2.45, 2.75) is 33.1 Å². The van der Waals surface area contributed by atoms with E-state index in [0.717, 1.165) is 25.9 Å². The molecular weight excluding hydrogens is 277 g/mol. The summed E-state index contributed by atoms with van der Waals surface area (Å²) in [5, 5.41) is 3.92. The zero-order valence-electron chi connectivity index (χ0n) is 12.6. The molecule has 0 aliphatic rings. The number of halogens is 2. The standard InChI is InChI=1S/C16H25ClFNO/c1-4-16(5-2,12-19-9-10-20-3)11-13-14(17)7-6-8-15(13)18/h6-8,19H,4-5,9-12H2,1-3H3. The fourth-order valence-electron chi connectivity index (χ4n) is 2.42. The Morgan fingerprint density at radius 2 is 2.00 bits per heavy atom. The van der Waals surface area contributed by atoms with E-state index < -0.39 is 0 Å². The first-order chi connectivity index (χ1) is 9.58. The second-order valence-corrected chi connectivity index (χ2v) is 5.66. The molecule has 1 aromatic carbocycles. The normalized spacial score (nSPS) is 11.8. The second-order valence-electron chi connectivity index (χ2n) is 5.25. The van der Waals surface area contributed by atoms with Gasteiger partial charge in [-0.2, -0.15) is 0 Å². The first kappa shape index (κ1) is 17.4. The van der Waals surface area contributed by atoms with Gasteiger partial charge in [0.2, 0.25) is 0 Å². The van der Waals surface area contributed by atoms with Crippen molar-refractivity contribution in [1.29, 1.82) is 0 Å². The van der Waals surface area contributed by atoms with Crippen molar-refractivity contribution in [3.05, 3.63) is 34.6 Å². The lowest BCUT2D eigenvalue weighted by atomic mass is 9.76. The van der Waals surface area contributed by atoms with Gasteiger partial charge in [-0.05, 0) is 36.8 Å². The molecule has 1 aromatic rings. The molecule has 0 unspecified atom stereocenters. The Kier molecular flexibility index (Phi) is 7.49. The van der Waals surface area contributed by atoms with Crippen LogP contribution in [0.2, 0.25) is 5.02 Å². The molecule has 0 heterocycles. The molecule has 0 radical (unpaired) electrons. The van der Waals surface area contributed by atoms with Crippen LogP contribution in [0.4, 0.5) is 4.39 Å². The Hall–Kier alpha value is -0.640. The highest BCUT2D eigenvalue weighted by atomic mass is 35.5. The van der Waals surface area contributed by atoms with Gasteiger partial charge >= 0.3 is 0 Å². The van der Waals surface area contributed by atoms with Crippen LogP contribution >= 0.6 is 11.6 Å². The summed E-state index contributed by atoms with van der Waals surface area (Å²) in [5.74, 6) is -0.208. The van der Waals surface area contributed by atoms with E-state index >= 15 is 0 Å². The van der Waals surface area contributed by atoms with Gasteiger partial charge in [0.25, 0.3) is 0 Å². The molecule has 0 fully saturated rings. The van der Waals surface area contributed by atoms with E-state index in [2.05, 4.69) is 19.2 Å². The molecule has 2 nitrogen and oxygen atoms in total. The van der Waals surface area contributed by atoms with Gasteiger partial charge in [-0.15, -0.1) is 0 Å². The third kappa shape index (κ3) is 4.72. The Balaban J connectivity index is 2.80. The average molecular weight is 302 g/mol. The molecule has 4 heteroatoms. The SMILES string of the molecule is CCC(CC)(CNCCOC)Cc1c(F)cccc1Cl. The van der Waals surface area contributed by atoms with Gasteiger partial charge in [-0.25, -0.2) is 4.39 Å². The van der Waals surface area contributed by atoms with Crippen LogP contribution in [-0.4, -0.2) is 26.8 Å². The van der Waals surface area contributed by atoms with Gasteiger partial charge in [-0.3, -0.25) is 0 Å². The maximum absolute atomic E-state index is 14.0. The van der Waals surface area contributed by atoms with E-state index in [-0.39, 0.29) is 11.2 Å². The minimum atomic E-state index is -0.208. The van der Waals surface area contributed by atoms with Crippen molar-refractivity contribution in [1.82, 2.24) is 5.32 Å². The molecule has 1 rings (SSSR count). The van der Waals surface area contributed by atoms with Crippen molar-refractivity contribution in [3.63, 3.8) is 0 Å². The van der Waals surface area contributed by atoms with Crippen molar-refractivity contribution < 1.29 is 9.13 Å². The highest BCUT2D eigenvalue weighted by Gasteiger charge is 2.28. The van der Waals surface area contributed by atoms with Crippen LogP contribution in [-0.2, 0) is 11.2 Å². The number of methoxy groups -OCH3 is 1. The summed E-state index contributed by atoms with van der Waals surface area (Å²) in [6, 6.07) is 4.89. The molecule has 0 saturated heterocycles. The molecule has 114 valence electrons. The van der Waals surface area contributed by atoms with Crippen molar-refractivity contribution >= 4 is 11.6 Å². The molecule has 0 atom stereocenters. The molecule has 0 amide bonds. The summed E-state index contributed by atoms with van der Waals surface area (Å²) in [5.41, 5.74) is 0.658. The summed E-state index contributed by atoms with van der Waals surface area (Å²) >= 11 is 6.15. The second kappa shape index (κ2) is 8.60. The van der Waals surface area contributed by atoms with E-state index in [9.17, 15) is 4.39 Å². The molecular formula is C16H25ClFNO. The number of benzene rings is 1. The summed E-state index contributed by atoms with van der Waals surface area (Å²) in [6.45, 7) is 6.63. The third-order valence-corrected chi connectivity index (χ3v) is 4.45. The topological polar surface area (TPSA) is 21.3 Å². The number of ether oxygens (including phenoxy) is 1. The average Bonchev–Trinajstić information content (AvgIpc) is 2.46. The number of rotatable bonds is 9. The van der Waals surface area contributed by atoms with Crippen LogP contribution < -0.4 is 5.32 Å². The predicted molar refractivity (Wildman–Crippen MR) is 82.9 cm³/mol. The minimum absolute atomic E-state index is 0.0274. The summed E-state index contributed by atoms with van der Waals surface area (Å²) in [7, 11) is 1.69. The van der Waals surface area contributed by atoms with Crippen LogP contribution in [0.5, 0.6) is 0 Å².